The van der Waals surface area contributed by atoms with Gasteiger partial charge in [0.25, 0.3) is 0 Å². The number of para-hydroxylation sites is 1. The third-order valence-electron chi connectivity index (χ3n) is 3.23. The predicted octanol–water partition coefficient (Wildman–Crippen LogP) is 3.88. The van der Waals surface area contributed by atoms with Crippen molar-refractivity contribution in [1.29, 1.82) is 0 Å². The van der Waals surface area contributed by atoms with Crippen LogP contribution in [0.25, 0.3) is 0 Å². The summed E-state index contributed by atoms with van der Waals surface area (Å²) in [6.45, 7) is 2.00. The molecule has 4 nitrogen and oxygen atoms in total. The van der Waals surface area contributed by atoms with E-state index >= 15 is 0 Å². The summed E-state index contributed by atoms with van der Waals surface area (Å²) in [5, 5.41) is 3.96. The lowest BCUT2D eigenvalue weighted by atomic mass is 10.1. The van der Waals surface area contributed by atoms with E-state index in [-0.39, 0.29) is 6.04 Å². The SMILES string of the molecule is COC(=O)c1cccc(NC(C)c2cccc(Cl)c2)c1N. The van der Waals surface area contributed by atoms with Crippen molar-refractivity contribution in [2.45, 2.75) is 13.0 Å². The number of rotatable bonds is 4. The predicted molar refractivity (Wildman–Crippen MR) is 85.7 cm³/mol. The summed E-state index contributed by atoms with van der Waals surface area (Å²) in [5.41, 5.74) is 8.47. The number of anilines is 2. The topological polar surface area (TPSA) is 64.3 Å². The largest absolute Gasteiger partial charge is 0.465 e. The fourth-order valence-electron chi connectivity index (χ4n) is 2.07. The van der Waals surface area contributed by atoms with Crippen molar-refractivity contribution in [3.8, 4) is 0 Å². The van der Waals surface area contributed by atoms with Gasteiger partial charge in [0, 0.05) is 11.1 Å². The van der Waals surface area contributed by atoms with Crippen LogP contribution in [0.3, 0.4) is 0 Å². The summed E-state index contributed by atoms with van der Waals surface area (Å²) in [6, 6.07) is 12.8. The maximum Gasteiger partial charge on any atom is 0.340 e. The first-order chi connectivity index (χ1) is 10.0. The average Bonchev–Trinajstić information content (AvgIpc) is 2.48. The molecule has 0 radical (unpaired) electrons. The van der Waals surface area contributed by atoms with E-state index in [2.05, 4.69) is 5.32 Å². The Balaban J connectivity index is 2.25. The normalized spacial score (nSPS) is 11.8. The van der Waals surface area contributed by atoms with Gasteiger partial charge in [-0.15, -0.1) is 0 Å². The number of nitrogens with two attached hydrogens (primary N) is 1. The van der Waals surface area contributed by atoms with Gasteiger partial charge in [-0.05, 0) is 36.8 Å². The Morgan fingerprint density at radius 1 is 1.29 bits per heavy atom. The molecule has 21 heavy (non-hydrogen) atoms. The van der Waals surface area contributed by atoms with Gasteiger partial charge < -0.3 is 15.8 Å². The van der Waals surface area contributed by atoms with Gasteiger partial charge in [-0.25, -0.2) is 4.79 Å². The van der Waals surface area contributed by atoms with E-state index in [1.165, 1.54) is 7.11 Å². The molecule has 0 amide bonds. The molecule has 0 spiro atoms. The first-order valence-electron chi connectivity index (χ1n) is 6.51. The Kier molecular flexibility index (Phi) is 4.70. The fourth-order valence-corrected chi connectivity index (χ4v) is 2.27. The molecule has 0 saturated heterocycles. The van der Waals surface area contributed by atoms with Gasteiger partial charge in [0.15, 0.2) is 0 Å². The maximum atomic E-state index is 11.6. The number of nitrogen functional groups attached to an aromatic ring is 1. The third-order valence-corrected chi connectivity index (χ3v) is 3.47. The van der Waals surface area contributed by atoms with E-state index in [0.717, 1.165) is 5.56 Å². The molecule has 3 N–H and O–H groups in total. The molecule has 110 valence electrons. The molecule has 1 atom stereocenters. The second-order valence-electron chi connectivity index (χ2n) is 4.68. The number of hydrogen-bond donors (Lipinski definition) is 2. The van der Waals surface area contributed by atoms with Crippen LogP contribution in [-0.4, -0.2) is 13.1 Å². The number of carbonyl (C=O) groups is 1. The highest BCUT2D eigenvalue weighted by Gasteiger charge is 2.14. The zero-order chi connectivity index (χ0) is 15.4. The standard InChI is InChI=1S/C16H17ClN2O2/c1-10(11-5-3-6-12(17)9-11)19-14-8-4-7-13(15(14)18)16(20)21-2/h3-10,19H,18H2,1-2H3. The van der Waals surface area contributed by atoms with Crippen molar-refractivity contribution >= 4 is 28.9 Å². The summed E-state index contributed by atoms with van der Waals surface area (Å²) in [7, 11) is 1.33. The Morgan fingerprint density at radius 3 is 2.67 bits per heavy atom. The molecule has 0 bridgehead atoms. The first kappa shape index (κ1) is 15.2. The number of halogens is 1. The molecule has 0 fully saturated rings. The van der Waals surface area contributed by atoms with Crippen molar-refractivity contribution in [3.05, 3.63) is 58.6 Å². The molecule has 2 aromatic carbocycles. The molecule has 2 rings (SSSR count). The quantitative estimate of drug-likeness (QED) is 0.664. The Bertz CT molecular complexity index is 658. The monoisotopic (exact) mass is 304 g/mol. The second kappa shape index (κ2) is 6.50. The number of ether oxygens (including phenoxy) is 1. The number of hydrogen-bond acceptors (Lipinski definition) is 4. The highest BCUT2D eigenvalue weighted by atomic mass is 35.5. The third kappa shape index (κ3) is 3.47. The number of nitrogens with one attached hydrogen (secondary N) is 1. The van der Waals surface area contributed by atoms with Gasteiger partial charge in [-0.2, -0.15) is 0 Å². The van der Waals surface area contributed by atoms with E-state index < -0.39 is 5.97 Å². The summed E-state index contributed by atoms with van der Waals surface area (Å²) < 4.78 is 4.71. The van der Waals surface area contributed by atoms with Crippen LogP contribution in [0, 0.1) is 0 Å². The van der Waals surface area contributed by atoms with Gasteiger partial charge in [0.1, 0.15) is 0 Å². The van der Waals surface area contributed by atoms with Gasteiger partial charge in [-0.1, -0.05) is 29.8 Å². The van der Waals surface area contributed by atoms with Crippen LogP contribution in [0.15, 0.2) is 42.5 Å². The van der Waals surface area contributed by atoms with Crippen molar-refractivity contribution < 1.29 is 9.53 Å². The molecule has 0 aromatic heterocycles. The van der Waals surface area contributed by atoms with Crippen LogP contribution in [0.4, 0.5) is 11.4 Å². The van der Waals surface area contributed by atoms with Crippen molar-refractivity contribution in [3.63, 3.8) is 0 Å². The smallest absolute Gasteiger partial charge is 0.340 e. The van der Waals surface area contributed by atoms with Crippen LogP contribution in [0.1, 0.15) is 28.9 Å². The highest BCUT2D eigenvalue weighted by molar-refractivity contribution is 6.30. The van der Waals surface area contributed by atoms with Gasteiger partial charge in [0.05, 0.1) is 24.0 Å². The van der Waals surface area contributed by atoms with E-state index in [1.807, 2.05) is 37.3 Å². The minimum atomic E-state index is -0.452. The number of benzene rings is 2. The number of esters is 1. The summed E-state index contributed by atoms with van der Waals surface area (Å²) in [5.74, 6) is -0.452. The van der Waals surface area contributed by atoms with E-state index in [4.69, 9.17) is 22.1 Å². The van der Waals surface area contributed by atoms with Crippen molar-refractivity contribution in [1.82, 2.24) is 0 Å². The highest BCUT2D eigenvalue weighted by Crippen LogP contribution is 2.28. The fraction of sp³-hybridized carbons (Fsp3) is 0.188. The van der Waals surface area contributed by atoms with Gasteiger partial charge in [0.2, 0.25) is 0 Å². The molecule has 2 aromatic rings. The lowest BCUT2D eigenvalue weighted by molar-refractivity contribution is 0.0602. The Hall–Kier alpha value is -2.20. The van der Waals surface area contributed by atoms with Crippen LogP contribution < -0.4 is 11.1 Å². The molecule has 0 aliphatic carbocycles. The van der Waals surface area contributed by atoms with E-state index in [9.17, 15) is 4.79 Å². The van der Waals surface area contributed by atoms with Crippen molar-refractivity contribution in [2.24, 2.45) is 0 Å². The Labute approximate surface area is 128 Å². The lowest BCUT2D eigenvalue weighted by Crippen LogP contribution is -2.12. The van der Waals surface area contributed by atoms with Crippen LogP contribution in [-0.2, 0) is 4.74 Å². The molecule has 0 aliphatic rings. The zero-order valence-electron chi connectivity index (χ0n) is 11.9. The van der Waals surface area contributed by atoms with Crippen LogP contribution in [0.5, 0.6) is 0 Å². The minimum absolute atomic E-state index is 0.00102. The molecular formula is C16H17ClN2O2. The number of carbonyl (C=O) groups excluding carboxylic acids is 1. The van der Waals surface area contributed by atoms with Crippen LogP contribution in [0.2, 0.25) is 5.02 Å². The lowest BCUT2D eigenvalue weighted by Gasteiger charge is -2.18. The van der Waals surface area contributed by atoms with E-state index in [1.54, 1.807) is 12.1 Å². The molecule has 1 unspecified atom stereocenters. The first-order valence-corrected chi connectivity index (χ1v) is 6.89. The summed E-state index contributed by atoms with van der Waals surface area (Å²) in [4.78, 5) is 11.6. The Morgan fingerprint density at radius 2 is 2.00 bits per heavy atom. The molecule has 5 heteroatoms. The second-order valence-corrected chi connectivity index (χ2v) is 5.12. The number of methoxy groups -OCH3 is 1. The molecular weight excluding hydrogens is 288 g/mol. The van der Waals surface area contributed by atoms with Gasteiger partial charge >= 0.3 is 5.97 Å². The molecule has 0 saturated carbocycles. The maximum absolute atomic E-state index is 11.6. The summed E-state index contributed by atoms with van der Waals surface area (Å²) >= 11 is 6.00. The molecule has 0 heterocycles. The average molecular weight is 305 g/mol. The van der Waals surface area contributed by atoms with Gasteiger partial charge in [-0.3, -0.25) is 0 Å². The zero-order valence-corrected chi connectivity index (χ0v) is 12.6. The minimum Gasteiger partial charge on any atom is -0.465 e. The molecule has 0 aliphatic heterocycles. The summed E-state index contributed by atoms with van der Waals surface area (Å²) in [6.07, 6.45) is 0. The van der Waals surface area contributed by atoms with Crippen molar-refractivity contribution in [2.75, 3.05) is 18.2 Å². The van der Waals surface area contributed by atoms with Crippen LogP contribution >= 0.6 is 11.6 Å². The van der Waals surface area contributed by atoms with E-state index in [0.29, 0.717) is 22.0 Å².